The van der Waals surface area contributed by atoms with E-state index in [1.165, 1.54) is 7.11 Å². The van der Waals surface area contributed by atoms with Crippen LogP contribution in [-0.4, -0.2) is 40.5 Å². The number of ether oxygens (including phenoxy) is 2. The van der Waals surface area contributed by atoms with E-state index in [0.29, 0.717) is 22.5 Å². The van der Waals surface area contributed by atoms with Gasteiger partial charge in [-0.3, -0.25) is 4.98 Å². The lowest BCUT2D eigenvalue weighted by atomic mass is 10.1. The van der Waals surface area contributed by atoms with Crippen molar-refractivity contribution in [1.29, 1.82) is 0 Å². The van der Waals surface area contributed by atoms with E-state index < -0.39 is 17.7 Å². The Hall–Kier alpha value is -2.41. The van der Waals surface area contributed by atoms with E-state index in [1.54, 1.807) is 45.2 Å². The van der Waals surface area contributed by atoms with Gasteiger partial charge in [-0.1, -0.05) is 0 Å². The summed E-state index contributed by atoms with van der Waals surface area (Å²) in [6, 6.07) is 4.52. The number of fused-ring (bicyclic) bond motifs is 1. The number of methoxy groups -OCH3 is 1. The van der Waals surface area contributed by atoms with Crippen molar-refractivity contribution in [3.05, 3.63) is 30.0 Å². The molecule has 0 aliphatic heterocycles. The molecule has 2 heterocycles. The molecule has 7 heteroatoms. The highest BCUT2D eigenvalue weighted by Crippen LogP contribution is 2.23. The van der Waals surface area contributed by atoms with Crippen molar-refractivity contribution in [3.63, 3.8) is 0 Å². The number of amides is 1. The molecule has 2 N–H and O–H groups in total. The SMILES string of the molecule is COc1ccc2nccc([C@H](CO)NC(=O)OC(C)(C)C)c2n1. The van der Waals surface area contributed by atoms with Gasteiger partial charge in [0.2, 0.25) is 5.88 Å². The highest BCUT2D eigenvalue weighted by atomic mass is 16.6. The van der Waals surface area contributed by atoms with Gasteiger partial charge in [-0.25, -0.2) is 9.78 Å². The zero-order chi connectivity index (χ0) is 17.0. The molecule has 1 amide bonds. The van der Waals surface area contributed by atoms with Gasteiger partial charge in [0.05, 0.1) is 30.8 Å². The Balaban J connectivity index is 2.34. The van der Waals surface area contributed by atoms with Crippen molar-refractivity contribution in [2.45, 2.75) is 32.4 Å². The average molecular weight is 319 g/mol. The Morgan fingerprint density at radius 2 is 2.09 bits per heavy atom. The summed E-state index contributed by atoms with van der Waals surface area (Å²) in [5.41, 5.74) is 1.23. The molecular weight excluding hydrogens is 298 g/mol. The van der Waals surface area contributed by atoms with E-state index in [1.807, 2.05) is 0 Å². The van der Waals surface area contributed by atoms with Crippen LogP contribution in [0.1, 0.15) is 32.4 Å². The van der Waals surface area contributed by atoms with Crippen molar-refractivity contribution < 1.29 is 19.4 Å². The van der Waals surface area contributed by atoms with Crippen LogP contribution in [0.3, 0.4) is 0 Å². The van der Waals surface area contributed by atoms with Crippen molar-refractivity contribution in [1.82, 2.24) is 15.3 Å². The Kier molecular flexibility index (Phi) is 5.00. The van der Waals surface area contributed by atoms with E-state index in [0.717, 1.165) is 0 Å². The van der Waals surface area contributed by atoms with Crippen molar-refractivity contribution in [2.75, 3.05) is 13.7 Å². The molecule has 0 bridgehead atoms. The summed E-state index contributed by atoms with van der Waals surface area (Å²) in [4.78, 5) is 20.5. The first-order valence-electron chi connectivity index (χ1n) is 7.24. The smallest absolute Gasteiger partial charge is 0.408 e. The second kappa shape index (κ2) is 6.78. The number of hydrogen-bond acceptors (Lipinski definition) is 6. The van der Waals surface area contributed by atoms with E-state index in [-0.39, 0.29) is 6.61 Å². The predicted molar refractivity (Wildman–Crippen MR) is 85.3 cm³/mol. The Morgan fingerprint density at radius 3 is 2.70 bits per heavy atom. The standard InChI is InChI=1S/C16H21N3O4/c1-16(2,3)23-15(21)18-12(9-20)10-7-8-17-11-5-6-13(22-4)19-14(10)11/h5-8,12,20H,9H2,1-4H3,(H,18,21)/t12-/m0/s1. The van der Waals surface area contributed by atoms with Gasteiger partial charge in [0.1, 0.15) is 5.60 Å². The van der Waals surface area contributed by atoms with Crippen LogP contribution in [0, 0.1) is 0 Å². The second-order valence-corrected chi connectivity index (χ2v) is 6.00. The van der Waals surface area contributed by atoms with E-state index in [2.05, 4.69) is 15.3 Å². The summed E-state index contributed by atoms with van der Waals surface area (Å²) in [6.45, 7) is 5.02. The molecule has 0 saturated heterocycles. The number of hydrogen-bond donors (Lipinski definition) is 2. The fourth-order valence-electron chi connectivity index (χ4n) is 2.09. The number of pyridine rings is 2. The van der Waals surface area contributed by atoms with E-state index in [4.69, 9.17) is 9.47 Å². The molecule has 0 unspecified atom stereocenters. The first-order valence-corrected chi connectivity index (χ1v) is 7.24. The van der Waals surface area contributed by atoms with Gasteiger partial charge in [0, 0.05) is 17.8 Å². The van der Waals surface area contributed by atoms with Crippen LogP contribution in [0.2, 0.25) is 0 Å². The third kappa shape index (κ3) is 4.29. The zero-order valence-electron chi connectivity index (χ0n) is 13.7. The summed E-state index contributed by atoms with van der Waals surface area (Å²) in [5, 5.41) is 12.3. The molecule has 1 atom stereocenters. The molecule has 0 aromatic carbocycles. The quantitative estimate of drug-likeness (QED) is 0.897. The number of alkyl carbamates (subject to hydrolysis) is 1. The van der Waals surface area contributed by atoms with Gasteiger partial charge in [0.15, 0.2) is 0 Å². The van der Waals surface area contributed by atoms with Gasteiger partial charge in [-0.2, -0.15) is 0 Å². The highest BCUT2D eigenvalue weighted by molar-refractivity contribution is 5.79. The van der Waals surface area contributed by atoms with Crippen LogP contribution >= 0.6 is 0 Å². The van der Waals surface area contributed by atoms with Gasteiger partial charge in [0.25, 0.3) is 0 Å². The third-order valence-electron chi connectivity index (χ3n) is 3.05. The number of aliphatic hydroxyl groups is 1. The molecule has 2 aromatic heterocycles. The topological polar surface area (TPSA) is 93.6 Å². The zero-order valence-corrected chi connectivity index (χ0v) is 13.7. The van der Waals surface area contributed by atoms with Crippen molar-refractivity contribution in [2.24, 2.45) is 0 Å². The van der Waals surface area contributed by atoms with E-state index >= 15 is 0 Å². The molecule has 0 aliphatic rings. The summed E-state index contributed by atoms with van der Waals surface area (Å²) in [5.74, 6) is 0.431. The maximum absolute atomic E-state index is 12.0. The van der Waals surface area contributed by atoms with Gasteiger partial charge < -0.3 is 19.9 Å². The minimum Gasteiger partial charge on any atom is -0.481 e. The largest absolute Gasteiger partial charge is 0.481 e. The van der Waals surface area contributed by atoms with Crippen LogP contribution in [0.15, 0.2) is 24.4 Å². The number of carbonyl (C=O) groups is 1. The molecule has 124 valence electrons. The van der Waals surface area contributed by atoms with Gasteiger partial charge >= 0.3 is 6.09 Å². The fourth-order valence-corrected chi connectivity index (χ4v) is 2.09. The lowest BCUT2D eigenvalue weighted by Gasteiger charge is -2.23. The van der Waals surface area contributed by atoms with Crippen LogP contribution in [0.5, 0.6) is 5.88 Å². The van der Waals surface area contributed by atoms with Gasteiger partial charge in [-0.05, 0) is 32.9 Å². The summed E-state index contributed by atoms with van der Waals surface area (Å²) in [7, 11) is 1.52. The molecule has 0 fully saturated rings. The maximum Gasteiger partial charge on any atom is 0.408 e. The lowest BCUT2D eigenvalue weighted by Crippen LogP contribution is -2.36. The highest BCUT2D eigenvalue weighted by Gasteiger charge is 2.22. The minimum atomic E-state index is -0.657. The Bertz CT molecular complexity index is 697. The number of carbonyl (C=O) groups excluding carboxylic acids is 1. The minimum absolute atomic E-state index is 0.294. The molecule has 23 heavy (non-hydrogen) atoms. The predicted octanol–water partition coefficient (Wildman–Crippen LogP) is 2.20. The monoisotopic (exact) mass is 319 g/mol. The van der Waals surface area contributed by atoms with E-state index in [9.17, 15) is 9.90 Å². The average Bonchev–Trinajstić information content (AvgIpc) is 2.50. The van der Waals surface area contributed by atoms with Crippen molar-refractivity contribution in [3.8, 4) is 5.88 Å². The number of aromatic nitrogens is 2. The molecule has 0 radical (unpaired) electrons. The fraction of sp³-hybridized carbons (Fsp3) is 0.438. The Labute approximate surface area is 134 Å². The van der Waals surface area contributed by atoms with Gasteiger partial charge in [-0.15, -0.1) is 0 Å². The summed E-state index contributed by atoms with van der Waals surface area (Å²) in [6.07, 6.45) is 0.995. The van der Waals surface area contributed by atoms with Crippen LogP contribution in [0.4, 0.5) is 4.79 Å². The van der Waals surface area contributed by atoms with Crippen LogP contribution in [0.25, 0.3) is 11.0 Å². The molecular formula is C16H21N3O4. The molecule has 0 aliphatic carbocycles. The number of rotatable bonds is 4. The normalized spacial score (nSPS) is 12.7. The molecule has 2 rings (SSSR count). The summed E-state index contributed by atoms with van der Waals surface area (Å²) >= 11 is 0. The first kappa shape index (κ1) is 17.0. The number of nitrogens with one attached hydrogen (secondary N) is 1. The molecule has 7 nitrogen and oxygen atoms in total. The molecule has 0 spiro atoms. The number of nitrogens with zero attached hydrogens (tertiary/aromatic N) is 2. The third-order valence-corrected chi connectivity index (χ3v) is 3.05. The second-order valence-electron chi connectivity index (χ2n) is 6.00. The Morgan fingerprint density at radius 1 is 1.35 bits per heavy atom. The first-order chi connectivity index (χ1) is 10.8. The van der Waals surface area contributed by atoms with Crippen LogP contribution < -0.4 is 10.1 Å². The summed E-state index contributed by atoms with van der Waals surface area (Å²) < 4.78 is 10.4. The van der Waals surface area contributed by atoms with Crippen LogP contribution in [-0.2, 0) is 4.74 Å². The maximum atomic E-state index is 12.0. The number of aliphatic hydroxyl groups excluding tert-OH is 1. The molecule has 2 aromatic rings. The lowest BCUT2D eigenvalue weighted by molar-refractivity contribution is 0.0482. The van der Waals surface area contributed by atoms with Crippen molar-refractivity contribution >= 4 is 17.1 Å². The molecule has 0 saturated carbocycles.